The summed E-state index contributed by atoms with van der Waals surface area (Å²) in [6.07, 6.45) is -2.67. The van der Waals surface area contributed by atoms with Crippen molar-refractivity contribution in [3.63, 3.8) is 0 Å². The average molecular weight is 694 g/mol. The molecule has 2 aliphatic rings. The lowest BCUT2D eigenvalue weighted by atomic mass is 9.88. The van der Waals surface area contributed by atoms with Crippen LogP contribution in [-0.4, -0.2) is 76.8 Å². The van der Waals surface area contributed by atoms with Crippen LogP contribution in [0.5, 0.6) is 5.75 Å². The molecule has 16 heteroatoms. The Bertz CT molecular complexity index is 1530. The summed E-state index contributed by atoms with van der Waals surface area (Å²) in [7, 11) is -8.65. The Balaban J connectivity index is 1.69. The first-order valence-corrected chi connectivity index (χ1v) is 18.1. The number of alkyl carbamates (subject to hydrolysis) is 1. The highest BCUT2D eigenvalue weighted by molar-refractivity contribution is 7.89. The van der Waals surface area contributed by atoms with E-state index in [9.17, 15) is 32.8 Å². The first-order valence-electron chi connectivity index (χ1n) is 15.2. The first kappa shape index (κ1) is 36.8. The summed E-state index contributed by atoms with van der Waals surface area (Å²) in [6, 6.07) is 15.1. The summed E-state index contributed by atoms with van der Waals surface area (Å²) >= 11 is 0. The van der Waals surface area contributed by atoms with Gasteiger partial charge in [0.1, 0.15) is 11.9 Å². The zero-order chi connectivity index (χ0) is 34.2. The van der Waals surface area contributed by atoms with Crippen LogP contribution in [0.2, 0.25) is 0 Å². The van der Waals surface area contributed by atoms with E-state index < -0.39 is 60.4 Å². The van der Waals surface area contributed by atoms with Gasteiger partial charge in [-0.3, -0.25) is 0 Å². The van der Waals surface area contributed by atoms with Gasteiger partial charge in [0.2, 0.25) is 10.0 Å². The third-order valence-electron chi connectivity index (χ3n) is 8.16. The van der Waals surface area contributed by atoms with Gasteiger partial charge >= 0.3 is 6.09 Å². The molecular formula is C31H40N3O11PS-2. The number of hydrogen-bond donors (Lipinski definition) is 1. The van der Waals surface area contributed by atoms with Crippen LogP contribution in [0, 0.1) is 22.7 Å². The maximum atomic E-state index is 14.1. The summed E-state index contributed by atoms with van der Waals surface area (Å²) in [5.41, 5.74) is -0.118. The Labute approximate surface area is 275 Å². The van der Waals surface area contributed by atoms with Crippen molar-refractivity contribution in [1.29, 1.82) is 5.26 Å². The number of phosphoric ester groups is 1. The lowest BCUT2D eigenvalue weighted by molar-refractivity contribution is -0.345. The van der Waals surface area contributed by atoms with Gasteiger partial charge in [-0.1, -0.05) is 44.2 Å². The summed E-state index contributed by atoms with van der Waals surface area (Å²) < 4.78 is 68.3. The Morgan fingerprint density at radius 3 is 2.51 bits per heavy atom. The fourth-order valence-corrected chi connectivity index (χ4v) is 7.90. The highest BCUT2D eigenvalue weighted by Gasteiger charge is 2.44. The van der Waals surface area contributed by atoms with Crippen LogP contribution in [0.3, 0.4) is 0 Å². The molecule has 2 heterocycles. The normalized spacial score (nSPS) is 21.1. The maximum absolute atomic E-state index is 14.1. The lowest BCUT2D eigenvalue weighted by Gasteiger charge is -2.40. The highest BCUT2D eigenvalue weighted by Crippen LogP contribution is 2.35. The average Bonchev–Trinajstić information content (AvgIpc) is 3.64. The fraction of sp³-hybridized carbons (Fsp3) is 0.548. The molecule has 1 amide bonds. The van der Waals surface area contributed by atoms with E-state index in [0.717, 1.165) is 4.31 Å². The van der Waals surface area contributed by atoms with Crippen molar-refractivity contribution in [3.05, 3.63) is 60.2 Å². The Hall–Kier alpha value is -3.06. The third-order valence-corrected chi connectivity index (χ3v) is 10.5. The quantitative estimate of drug-likeness (QED) is 0.252. The molecule has 0 aromatic heterocycles. The summed E-state index contributed by atoms with van der Waals surface area (Å²) in [5, 5.41) is 11.8. The van der Waals surface area contributed by atoms with Crippen molar-refractivity contribution in [3.8, 4) is 11.8 Å². The van der Waals surface area contributed by atoms with E-state index in [1.807, 2.05) is 0 Å². The second-order valence-electron chi connectivity index (χ2n) is 12.3. The summed E-state index contributed by atoms with van der Waals surface area (Å²) in [5.74, 6) is 0.239. The number of benzene rings is 2. The van der Waals surface area contributed by atoms with Crippen molar-refractivity contribution < 1.29 is 51.0 Å². The number of sulfonamides is 1. The second-order valence-corrected chi connectivity index (χ2v) is 15.3. The van der Waals surface area contributed by atoms with Gasteiger partial charge in [0.15, 0.2) is 6.29 Å². The standard InChI is InChI=1S/C31H42N3O11PS/c1-31(2,15-7-16-32)21-34(47(39,40)24-12-10-23(41-3)11-13-24)19-27(45-46(36,37)38)26(18-22-8-5-4-6-9-22)33-30(35)44-28-20-43-29-25(28)14-17-42-29/h4-6,8-13,25-29H,7,14-15,17-21H2,1-3H3,(H,33,35)(H2,36,37,38)/p-2/t25-,26-,27+,28-,29+/m0/s1. The van der Waals surface area contributed by atoms with Gasteiger partial charge < -0.3 is 43.1 Å². The van der Waals surface area contributed by atoms with Crippen molar-refractivity contribution >= 4 is 23.9 Å². The monoisotopic (exact) mass is 693 g/mol. The molecule has 0 spiro atoms. The fourth-order valence-electron chi connectivity index (χ4n) is 5.71. The van der Waals surface area contributed by atoms with Gasteiger partial charge in [-0.15, -0.1) is 0 Å². The Morgan fingerprint density at radius 2 is 1.87 bits per heavy atom. The number of ether oxygens (including phenoxy) is 4. The van der Waals surface area contributed by atoms with Crippen LogP contribution in [0.1, 0.15) is 38.7 Å². The molecule has 2 saturated heterocycles. The van der Waals surface area contributed by atoms with Crippen molar-refractivity contribution in [2.45, 2.75) is 69.0 Å². The van der Waals surface area contributed by atoms with Gasteiger partial charge in [-0.05, 0) is 54.5 Å². The molecule has 14 nitrogen and oxygen atoms in total. The predicted molar refractivity (Wildman–Crippen MR) is 164 cm³/mol. The number of hydrogen-bond acceptors (Lipinski definition) is 12. The topological polar surface area (TPSA) is 200 Å². The number of phosphoric acid groups is 1. The van der Waals surface area contributed by atoms with Gasteiger partial charge in [0, 0.05) is 19.5 Å². The van der Waals surface area contributed by atoms with E-state index in [1.54, 1.807) is 44.2 Å². The number of amides is 1. The number of rotatable bonds is 16. The van der Waals surface area contributed by atoms with E-state index in [-0.39, 0.29) is 36.8 Å². The van der Waals surface area contributed by atoms with Crippen LogP contribution in [0.25, 0.3) is 0 Å². The van der Waals surface area contributed by atoms with E-state index in [2.05, 4.69) is 11.4 Å². The molecule has 0 radical (unpaired) electrons. The van der Waals surface area contributed by atoms with Crippen LogP contribution >= 0.6 is 7.82 Å². The number of nitrogens with zero attached hydrogens (tertiary/aromatic N) is 2. The van der Waals surface area contributed by atoms with Gasteiger partial charge in [0.05, 0.1) is 57.2 Å². The number of carbonyl (C=O) groups excluding carboxylic acids is 1. The smallest absolute Gasteiger partial charge is 0.407 e. The first-order chi connectivity index (χ1) is 22.2. The highest BCUT2D eigenvalue weighted by atomic mass is 32.2. The molecule has 5 atom stereocenters. The molecule has 258 valence electrons. The van der Waals surface area contributed by atoms with Crippen LogP contribution in [-0.2, 0) is 39.7 Å². The number of methoxy groups -OCH3 is 1. The van der Waals surface area contributed by atoms with Crippen molar-refractivity contribution in [2.24, 2.45) is 11.3 Å². The van der Waals surface area contributed by atoms with E-state index in [4.69, 9.17) is 23.5 Å². The van der Waals surface area contributed by atoms with E-state index in [0.29, 0.717) is 30.8 Å². The number of fused-ring (bicyclic) bond motifs is 1. The van der Waals surface area contributed by atoms with Crippen LogP contribution in [0.15, 0.2) is 59.5 Å². The SMILES string of the molecule is COc1ccc(S(=O)(=O)N(C[C@@H](OP(=O)([O-])[O-])[C@H](Cc2ccccc2)NC(=O)O[C@H]2CO[C@H]3OCC[C@H]32)CC(C)(C)CCC#N)cc1. The molecule has 0 unspecified atom stereocenters. The number of nitriles is 1. The van der Waals surface area contributed by atoms with E-state index >= 15 is 0 Å². The molecular weight excluding hydrogens is 653 g/mol. The zero-order valence-electron chi connectivity index (χ0n) is 26.5. The molecule has 2 aromatic carbocycles. The number of nitrogens with one attached hydrogen (secondary N) is 1. The van der Waals surface area contributed by atoms with Crippen LogP contribution in [0.4, 0.5) is 4.79 Å². The minimum Gasteiger partial charge on any atom is -0.790 e. The largest absolute Gasteiger partial charge is 0.790 e. The van der Waals surface area contributed by atoms with E-state index in [1.165, 1.54) is 31.4 Å². The molecule has 1 N–H and O–H groups in total. The van der Waals surface area contributed by atoms with Crippen molar-refractivity contribution in [2.75, 3.05) is 33.4 Å². The molecule has 2 aromatic rings. The van der Waals surface area contributed by atoms with Crippen molar-refractivity contribution in [1.82, 2.24) is 9.62 Å². The minimum atomic E-state index is -5.74. The molecule has 47 heavy (non-hydrogen) atoms. The van der Waals surface area contributed by atoms with Gasteiger partial charge in [0.25, 0.3) is 0 Å². The summed E-state index contributed by atoms with van der Waals surface area (Å²) in [4.78, 5) is 37.4. The molecule has 0 bridgehead atoms. The predicted octanol–water partition coefficient (Wildman–Crippen LogP) is 2.33. The Kier molecular flexibility index (Phi) is 12.4. The molecule has 0 aliphatic carbocycles. The molecule has 0 saturated carbocycles. The van der Waals surface area contributed by atoms with Crippen LogP contribution < -0.4 is 19.8 Å². The minimum absolute atomic E-state index is 0.0365. The third kappa shape index (κ3) is 10.5. The second kappa shape index (κ2) is 15.9. The number of carbonyl (C=O) groups is 1. The Morgan fingerprint density at radius 1 is 1.17 bits per heavy atom. The van der Waals surface area contributed by atoms with Gasteiger partial charge in [-0.2, -0.15) is 9.57 Å². The molecule has 2 fully saturated rings. The molecule has 4 rings (SSSR count). The molecule has 2 aliphatic heterocycles. The maximum Gasteiger partial charge on any atom is 0.407 e. The zero-order valence-corrected chi connectivity index (χ0v) is 28.2. The summed E-state index contributed by atoms with van der Waals surface area (Å²) in [6.45, 7) is 3.29. The van der Waals surface area contributed by atoms with Gasteiger partial charge in [-0.25, -0.2) is 13.2 Å². The lowest BCUT2D eigenvalue weighted by Crippen LogP contribution is -2.53.